The zero-order valence-corrected chi connectivity index (χ0v) is 11.5. The van der Waals surface area contributed by atoms with Crippen molar-refractivity contribution in [1.29, 1.82) is 0 Å². The second kappa shape index (κ2) is 7.22. The lowest BCUT2D eigenvalue weighted by Crippen LogP contribution is -2.18. The number of imidazole rings is 1. The number of hydrogen-bond donors (Lipinski definition) is 1. The molecule has 1 heterocycles. The van der Waals surface area contributed by atoms with Gasteiger partial charge in [-0.05, 0) is 11.6 Å². The van der Waals surface area contributed by atoms with Crippen molar-refractivity contribution in [2.45, 2.75) is 6.54 Å². The van der Waals surface area contributed by atoms with Crippen molar-refractivity contribution in [3.05, 3.63) is 28.8 Å². The first-order valence-corrected chi connectivity index (χ1v) is 6.83. The molecule has 0 amide bonds. The minimum Gasteiger partial charge on any atom is -0.319 e. The maximum atomic E-state index is 5.94. The van der Waals surface area contributed by atoms with Crippen molar-refractivity contribution in [3.8, 4) is 0 Å². The van der Waals surface area contributed by atoms with Gasteiger partial charge in [-0.2, -0.15) is 11.8 Å². The summed E-state index contributed by atoms with van der Waals surface area (Å²) in [6.45, 7) is 5.28. The molecular formula is C10H15Cl2N3S. The van der Waals surface area contributed by atoms with E-state index in [4.69, 9.17) is 23.2 Å². The number of nitrogens with zero attached hydrogens (tertiary/aromatic N) is 2. The van der Waals surface area contributed by atoms with Gasteiger partial charge in [0, 0.05) is 31.6 Å². The number of halogens is 2. The van der Waals surface area contributed by atoms with Gasteiger partial charge in [-0.1, -0.05) is 17.7 Å². The van der Waals surface area contributed by atoms with Crippen LogP contribution in [0.1, 0.15) is 5.69 Å². The fraction of sp³-hybridized carbons (Fsp3) is 0.500. The van der Waals surface area contributed by atoms with Gasteiger partial charge < -0.3 is 9.88 Å². The summed E-state index contributed by atoms with van der Waals surface area (Å²) < 4.78 is 1.79. The molecule has 0 fully saturated rings. The maximum absolute atomic E-state index is 5.94. The van der Waals surface area contributed by atoms with Crippen LogP contribution in [0, 0.1) is 0 Å². The second-order valence-electron chi connectivity index (χ2n) is 3.22. The highest BCUT2D eigenvalue weighted by Gasteiger charge is 2.10. The Labute approximate surface area is 110 Å². The van der Waals surface area contributed by atoms with E-state index in [1.54, 1.807) is 4.57 Å². The van der Waals surface area contributed by atoms with Gasteiger partial charge >= 0.3 is 0 Å². The summed E-state index contributed by atoms with van der Waals surface area (Å²) in [6.07, 6.45) is 1.91. The predicted octanol–water partition coefficient (Wildman–Crippen LogP) is 2.74. The van der Waals surface area contributed by atoms with Gasteiger partial charge in [-0.3, -0.25) is 0 Å². The molecule has 0 spiro atoms. The van der Waals surface area contributed by atoms with Gasteiger partial charge in [0.05, 0.1) is 5.69 Å². The molecular weight excluding hydrogens is 265 g/mol. The van der Waals surface area contributed by atoms with Crippen LogP contribution in [0.15, 0.2) is 12.7 Å². The molecule has 0 aromatic carbocycles. The van der Waals surface area contributed by atoms with E-state index in [1.807, 2.05) is 24.9 Å². The fourth-order valence-electron chi connectivity index (χ4n) is 1.18. The number of hydrogen-bond acceptors (Lipinski definition) is 3. The Morgan fingerprint density at radius 1 is 1.56 bits per heavy atom. The molecule has 0 aliphatic rings. The van der Waals surface area contributed by atoms with E-state index in [9.17, 15) is 0 Å². The fourth-order valence-corrected chi connectivity index (χ4v) is 2.31. The highest BCUT2D eigenvalue weighted by Crippen LogP contribution is 2.18. The number of thioether (sulfide) groups is 1. The Hall–Kier alpha value is -0.160. The molecule has 1 aromatic rings. The van der Waals surface area contributed by atoms with Crippen LogP contribution in [0.3, 0.4) is 0 Å². The van der Waals surface area contributed by atoms with Gasteiger partial charge in [0.15, 0.2) is 5.15 Å². The summed E-state index contributed by atoms with van der Waals surface area (Å²) in [5.74, 6) is 2.04. The maximum Gasteiger partial charge on any atom is 0.204 e. The van der Waals surface area contributed by atoms with E-state index in [0.29, 0.717) is 17.0 Å². The highest BCUT2D eigenvalue weighted by molar-refractivity contribution is 7.99. The zero-order valence-electron chi connectivity index (χ0n) is 9.17. The Balaban J connectivity index is 2.29. The Kier molecular flexibility index (Phi) is 6.28. The standard InChI is InChI=1S/C10H15Cl2N3S/c1-3-5-16-6-4-13-7-8-9(11)14-10(12)15(8)2/h3,13H,1,4-7H2,2H3. The zero-order chi connectivity index (χ0) is 12.0. The summed E-state index contributed by atoms with van der Waals surface area (Å²) in [4.78, 5) is 3.97. The molecule has 16 heavy (non-hydrogen) atoms. The Morgan fingerprint density at radius 3 is 2.88 bits per heavy atom. The summed E-state index contributed by atoms with van der Waals surface area (Å²) >= 11 is 13.6. The first-order valence-electron chi connectivity index (χ1n) is 4.92. The van der Waals surface area contributed by atoms with Crippen molar-refractivity contribution >= 4 is 35.0 Å². The summed E-state index contributed by atoms with van der Waals surface area (Å²) in [5, 5.41) is 4.19. The molecule has 1 rings (SSSR count). The SMILES string of the molecule is C=CCSCCNCc1c(Cl)nc(Cl)n1C. The molecule has 3 nitrogen and oxygen atoms in total. The van der Waals surface area contributed by atoms with Crippen molar-refractivity contribution in [1.82, 2.24) is 14.9 Å². The van der Waals surface area contributed by atoms with E-state index in [-0.39, 0.29) is 0 Å². The van der Waals surface area contributed by atoms with Crippen LogP contribution in [0.25, 0.3) is 0 Å². The molecule has 1 N–H and O–H groups in total. The van der Waals surface area contributed by atoms with Gasteiger partial charge in [0.25, 0.3) is 0 Å². The molecule has 0 saturated heterocycles. The third kappa shape index (κ3) is 4.01. The molecule has 0 unspecified atom stereocenters. The predicted molar refractivity (Wildman–Crippen MR) is 72.5 cm³/mol. The van der Waals surface area contributed by atoms with Crippen LogP contribution in [0.4, 0.5) is 0 Å². The highest BCUT2D eigenvalue weighted by atomic mass is 35.5. The normalized spacial score (nSPS) is 10.7. The lowest BCUT2D eigenvalue weighted by Gasteiger charge is -2.05. The summed E-state index contributed by atoms with van der Waals surface area (Å²) in [6, 6.07) is 0. The molecule has 0 atom stereocenters. The lowest BCUT2D eigenvalue weighted by molar-refractivity contribution is 0.684. The minimum atomic E-state index is 0.419. The van der Waals surface area contributed by atoms with Crippen molar-refractivity contribution < 1.29 is 0 Å². The summed E-state index contributed by atoms with van der Waals surface area (Å²) in [7, 11) is 1.85. The minimum absolute atomic E-state index is 0.419. The average Bonchev–Trinajstić information content (AvgIpc) is 2.49. The lowest BCUT2D eigenvalue weighted by atomic mass is 10.4. The number of rotatable bonds is 7. The molecule has 1 aromatic heterocycles. The monoisotopic (exact) mass is 279 g/mol. The van der Waals surface area contributed by atoms with Gasteiger partial charge in [0.2, 0.25) is 5.28 Å². The van der Waals surface area contributed by atoms with Crippen LogP contribution in [0.2, 0.25) is 10.4 Å². The third-order valence-corrected chi connectivity index (χ3v) is 3.67. The molecule has 0 bridgehead atoms. The van der Waals surface area contributed by atoms with Crippen LogP contribution in [0.5, 0.6) is 0 Å². The molecule has 6 heteroatoms. The van der Waals surface area contributed by atoms with Gasteiger partial charge in [0.1, 0.15) is 0 Å². The van der Waals surface area contributed by atoms with Crippen molar-refractivity contribution in [3.63, 3.8) is 0 Å². The van der Waals surface area contributed by atoms with Crippen LogP contribution in [-0.4, -0.2) is 27.6 Å². The van der Waals surface area contributed by atoms with Crippen molar-refractivity contribution in [2.75, 3.05) is 18.1 Å². The van der Waals surface area contributed by atoms with Gasteiger partial charge in [-0.15, -0.1) is 6.58 Å². The molecule has 0 saturated carbocycles. The van der Waals surface area contributed by atoms with Crippen molar-refractivity contribution in [2.24, 2.45) is 7.05 Å². The van der Waals surface area contributed by atoms with Crippen LogP contribution in [-0.2, 0) is 13.6 Å². The quantitative estimate of drug-likeness (QED) is 0.615. The van der Waals surface area contributed by atoms with Gasteiger partial charge in [-0.25, -0.2) is 4.98 Å². The second-order valence-corrected chi connectivity index (χ2v) is 5.06. The van der Waals surface area contributed by atoms with E-state index < -0.39 is 0 Å². The van der Waals surface area contributed by atoms with E-state index in [0.717, 1.165) is 23.7 Å². The Bertz CT molecular complexity index is 352. The Morgan fingerprint density at radius 2 is 2.31 bits per heavy atom. The van der Waals surface area contributed by atoms with Crippen LogP contribution >= 0.6 is 35.0 Å². The molecule has 0 radical (unpaired) electrons. The van der Waals surface area contributed by atoms with E-state index in [2.05, 4.69) is 16.9 Å². The average molecular weight is 280 g/mol. The largest absolute Gasteiger partial charge is 0.319 e. The first-order chi connectivity index (χ1) is 7.66. The number of nitrogens with one attached hydrogen (secondary N) is 1. The van der Waals surface area contributed by atoms with E-state index in [1.165, 1.54) is 0 Å². The van der Waals surface area contributed by atoms with E-state index >= 15 is 0 Å². The first kappa shape index (κ1) is 13.9. The number of aromatic nitrogens is 2. The van der Waals surface area contributed by atoms with Crippen LogP contribution < -0.4 is 5.32 Å². The topological polar surface area (TPSA) is 29.9 Å². The molecule has 0 aliphatic carbocycles. The third-order valence-electron chi connectivity index (χ3n) is 2.06. The molecule has 90 valence electrons. The smallest absolute Gasteiger partial charge is 0.204 e. The molecule has 0 aliphatic heterocycles. The summed E-state index contributed by atoms with van der Waals surface area (Å²) in [5.41, 5.74) is 0.917.